The Labute approximate surface area is 105 Å². The van der Waals surface area contributed by atoms with Gasteiger partial charge in [0.05, 0.1) is 6.10 Å². The Kier molecular flexibility index (Phi) is 3.69. The van der Waals surface area contributed by atoms with Crippen molar-refractivity contribution >= 4 is 0 Å². The first kappa shape index (κ1) is 11.9. The van der Waals surface area contributed by atoms with E-state index in [1.54, 1.807) is 0 Å². The van der Waals surface area contributed by atoms with Crippen molar-refractivity contribution in [1.29, 1.82) is 0 Å². The van der Waals surface area contributed by atoms with Crippen LogP contribution in [0.4, 0.5) is 0 Å². The highest BCUT2D eigenvalue weighted by Gasteiger charge is 2.33. The lowest BCUT2D eigenvalue weighted by atomic mass is 9.89. The van der Waals surface area contributed by atoms with E-state index in [1.165, 1.54) is 64.7 Å². The molecule has 0 radical (unpaired) electrons. The minimum absolute atomic E-state index is 0.0565. The normalized spacial score (nSPS) is 37.9. The molecular weight excluding hydrogens is 212 g/mol. The first-order chi connectivity index (χ1) is 8.34. The highest BCUT2D eigenvalue weighted by atomic mass is 16.3. The molecule has 3 nitrogen and oxygen atoms in total. The largest absolute Gasteiger partial charge is 0.391 e. The number of aliphatic hydroxyl groups excluding tert-OH is 1. The van der Waals surface area contributed by atoms with Crippen LogP contribution in [-0.2, 0) is 0 Å². The molecule has 3 fully saturated rings. The minimum atomic E-state index is -0.0565. The second-order valence-electron chi connectivity index (χ2n) is 6.08. The summed E-state index contributed by atoms with van der Waals surface area (Å²) < 4.78 is 0. The van der Waals surface area contributed by atoms with Gasteiger partial charge in [0.2, 0.25) is 0 Å². The summed E-state index contributed by atoms with van der Waals surface area (Å²) in [4.78, 5) is 5.23. The topological polar surface area (TPSA) is 26.7 Å². The second kappa shape index (κ2) is 5.25. The van der Waals surface area contributed by atoms with Crippen LogP contribution < -0.4 is 0 Å². The molecule has 1 saturated heterocycles. The van der Waals surface area contributed by atoms with Crippen LogP contribution in [0, 0.1) is 0 Å². The Morgan fingerprint density at radius 3 is 1.94 bits per heavy atom. The predicted octanol–water partition coefficient (Wildman–Crippen LogP) is 1.46. The first-order valence-corrected chi connectivity index (χ1v) is 7.51. The SMILES string of the molecule is O[C@H]1CCCC[C@@H]1N1CCN(C2CCC2)CC1. The Hall–Kier alpha value is -0.120. The van der Waals surface area contributed by atoms with Crippen LogP contribution in [-0.4, -0.2) is 59.3 Å². The summed E-state index contributed by atoms with van der Waals surface area (Å²) in [6.45, 7) is 4.82. The zero-order valence-electron chi connectivity index (χ0n) is 10.9. The van der Waals surface area contributed by atoms with Crippen LogP contribution in [0.15, 0.2) is 0 Å². The number of piperazine rings is 1. The fraction of sp³-hybridized carbons (Fsp3) is 1.00. The molecule has 2 saturated carbocycles. The van der Waals surface area contributed by atoms with Gasteiger partial charge in [-0.3, -0.25) is 9.80 Å². The van der Waals surface area contributed by atoms with Gasteiger partial charge < -0.3 is 5.11 Å². The third-order valence-corrected chi connectivity index (χ3v) is 5.10. The highest BCUT2D eigenvalue weighted by Crippen LogP contribution is 2.28. The second-order valence-corrected chi connectivity index (χ2v) is 6.08. The van der Waals surface area contributed by atoms with E-state index in [4.69, 9.17) is 0 Å². The summed E-state index contributed by atoms with van der Waals surface area (Å²) in [5.74, 6) is 0. The van der Waals surface area contributed by atoms with Crippen molar-refractivity contribution in [2.45, 2.75) is 63.1 Å². The van der Waals surface area contributed by atoms with E-state index in [9.17, 15) is 5.11 Å². The van der Waals surface area contributed by atoms with Gasteiger partial charge in [-0.1, -0.05) is 19.3 Å². The molecular formula is C14H26N2O. The van der Waals surface area contributed by atoms with E-state index in [0.717, 1.165) is 12.5 Å². The fourth-order valence-corrected chi connectivity index (χ4v) is 3.70. The van der Waals surface area contributed by atoms with Crippen LogP contribution in [0.5, 0.6) is 0 Å². The van der Waals surface area contributed by atoms with Crippen LogP contribution in [0.3, 0.4) is 0 Å². The van der Waals surface area contributed by atoms with Crippen LogP contribution in [0.1, 0.15) is 44.9 Å². The van der Waals surface area contributed by atoms with Crippen molar-refractivity contribution < 1.29 is 5.11 Å². The average Bonchev–Trinajstić information content (AvgIpc) is 2.29. The van der Waals surface area contributed by atoms with E-state index in [2.05, 4.69) is 9.80 Å². The lowest BCUT2D eigenvalue weighted by molar-refractivity contribution is -0.0179. The summed E-state index contributed by atoms with van der Waals surface area (Å²) in [6, 6.07) is 1.36. The van der Waals surface area contributed by atoms with E-state index < -0.39 is 0 Å². The summed E-state index contributed by atoms with van der Waals surface area (Å²) in [5.41, 5.74) is 0. The Morgan fingerprint density at radius 2 is 1.35 bits per heavy atom. The quantitative estimate of drug-likeness (QED) is 0.789. The predicted molar refractivity (Wildman–Crippen MR) is 69.0 cm³/mol. The standard InChI is InChI=1S/C14H26N2O/c17-14-7-2-1-6-13(14)16-10-8-15(9-11-16)12-4-3-5-12/h12-14,17H,1-11H2/t13-,14-/m0/s1. The maximum atomic E-state index is 10.1. The number of rotatable bonds is 2. The van der Waals surface area contributed by atoms with Crippen molar-refractivity contribution in [3.63, 3.8) is 0 Å². The van der Waals surface area contributed by atoms with Crippen LogP contribution >= 0.6 is 0 Å². The summed E-state index contributed by atoms with van der Waals surface area (Å²) in [7, 11) is 0. The van der Waals surface area contributed by atoms with Crippen LogP contribution in [0.2, 0.25) is 0 Å². The van der Waals surface area contributed by atoms with E-state index in [0.29, 0.717) is 6.04 Å². The Bertz CT molecular complexity index is 247. The van der Waals surface area contributed by atoms with Gasteiger partial charge in [0, 0.05) is 38.3 Å². The molecule has 2 atom stereocenters. The molecule has 17 heavy (non-hydrogen) atoms. The molecule has 1 heterocycles. The van der Waals surface area contributed by atoms with Gasteiger partial charge in [-0.15, -0.1) is 0 Å². The first-order valence-electron chi connectivity index (χ1n) is 7.51. The molecule has 3 heteroatoms. The van der Waals surface area contributed by atoms with Crippen molar-refractivity contribution in [2.24, 2.45) is 0 Å². The van der Waals surface area contributed by atoms with E-state index >= 15 is 0 Å². The van der Waals surface area contributed by atoms with E-state index in [-0.39, 0.29) is 6.10 Å². The van der Waals surface area contributed by atoms with E-state index in [1.807, 2.05) is 0 Å². The summed E-state index contributed by atoms with van der Waals surface area (Å²) >= 11 is 0. The molecule has 0 bridgehead atoms. The van der Waals surface area contributed by atoms with Gasteiger partial charge in [0.1, 0.15) is 0 Å². The maximum absolute atomic E-state index is 10.1. The van der Waals surface area contributed by atoms with Gasteiger partial charge in [-0.05, 0) is 25.7 Å². The average molecular weight is 238 g/mol. The van der Waals surface area contributed by atoms with Crippen LogP contribution in [0.25, 0.3) is 0 Å². The van der Waals surface area contributed by atoms with Gasteiger partial charge in [0.15, 0.2) is 0 Å². The molecule has 0 amide bonds. The number of hydrogen-bond acceptors (Lipinski definition) is 3. The molecule has 0 aromatic rings. The smallest absolute Gasteiger partial charge is 0.0695 e. The number of aliphatic hydroxyl groups is 1. The van der Waals surface area contributed by atoms with Crippen molar-refractivity contribution in [1.82, 2.24) is 9.80 Å². The minimum Gasteiger partial charge on any atom is -0.391 e. The van der Waals surface area contributed by atoms with Gasteiger partial charge in [-0.25, -0.2) is 0 Å². The van der Waals surface area contributed by atoms with Gasteiger partial charge >= 0.3 is 0 Å². The van der Waals surface area contributed by atoms with Gasteiger partial charge in [0.25, 0.3) is 0 Å². The van der Waals surface area contributed by atoms with Crippen molar-refractivity contribution in [3.8, 4) is 0 Å². The highest BCUT2D eigenvalue weighted by molar-refractivity contribution is 4.89. The summed E-state index contributed by atoms with van der Waals surface area (Å²) in [5, 5.41) is 10.1. The molecule has 98 valence electrons. The molecule has 0 aromatic carbocycles. The number of hydrogen-bond donors (Lipinski definition) is 1. The third-order valence-electron chi connectivity index (χ3n) is 5.10. The monoisotopic (exact) mass is 238 g/mol. The lowest BCUT2D eigenvalue weighted by Crippen LogP contribution is -2.57. The Balaban J connectivity index is 1.49. The molecule has 1 N–H and O–H groups in total. The molecule has 2 aliphatic carbocycles. The fourth-order valence-electron chi connectivity index (χ4n) is 3.70. The third kappa shape index (κ3) is 2.51. The molecule has 0 spiro atoms. The molecule has 0 aromatic heterocycles. The lowest BCUT2D eigenvalue weighted by Gasteiger charge is -2.46. The molecule has 3 rings (SSSR count). The number of nitrogens with zero attached hydrogens (tertiary/aromatic N) is 2. The van der Waals surface area contributed by atoms with Crippen molar-refractivity contribution in [2.75, 3.05) is 26.2 Å². The zero-order chi connectivity index (χ0) is 11.7. The molecule has 3 aliphatic rings. The molecule has 0 unspecified atom stereocenters. The van der Waals surface area contributed by atoms with Crippen molar-refractivity contribution in [3.05, 3.63) is 0 Å². The molecule has 1 aliphatic heterocycles. The van der Waals surface area contributed by atoms with Gasteiger partial charge in [-0.2, -0.15) is 0 Å². The zero-order valence-corrected chi connectivity index (χ0v) is 10.9. The summed E-state index contributed by atoms with van der Waals surface area (Å²) in [6.07, 6.45) is 8.99. The Morgan fingerprint density at radius 1 is 0.706 bits per heavy atom. The maximum Gasteiger partial charge on any atom is 0.0695 e.